The molecule has 3 heteroatoms. The maximum atomic E-state index is 9.40. The Kier molecular flexibility index (Phi) is 3.02. The molecule has 0 aliphatic heterocycles. The molecule has 0 saturated heterocycles. The Hall–Kier alpha value is -2.55. The molecule has 0 amide bonds. The average Bonchev–Trinajstić information content (AvgIpc) is 2.45. The molecule has 19 heavy (non-hydrogen) atoms. The van der Waals surface area contributed by atoms with Crippen LogP contribution in [0.5, 0.6) is 5.75 Å². The van der Waals surface area contributed by atoms with E-state index in [-0.39, 0.29) is 5.75 Å². The highest BCUT2D eigenvalue weighted by atomic mass is 16.3. The lowest BCUT2D eigenvalue weighted by Crippen LogP contribution is -1.99. The molecule has 0 radical (unpaired) electrons. The minimum absolute atomic E-state index is 0.271. The first-order chi connectivity index (χ1) is 9.31. The summed E-state index contributed by atoms with van der Waals surface area (Å²) in [6.45, 7) is 0.717. The third kappa shape index (κ3) is 2.65. The van der Waals surface area contributed by atoms with E-state index in [4.69, 9.17) is 0 Å². The van der Waals surface area contributed by atoms with Crippen LogP contribution in [0.2, 0.25) is 0 Å². The van der Waals surface area contributed by atoms with Crippen molar-refractivity contribution >= 4 is 16.6 Å². The van der Waals surface area contributed by atoms with Crippen LogP contribution in [-0.2, 0) is 6.54 Å². The second-order valence-corrected chi connectivity index (χ2v) is 4.43. The van der Waals surface area contributed by atoms with Crippen molar-refractivity contribution < 1.29 is 5.11 Å². The number of hydrogen-bond acceptors (Lipinski definition) is 3. The van der Waals surface area contributed by atoms with Crippen LogP contribution < -0.4 is 5.32 Å². The lowest BCUT2D eigenvalue weighted by atomic mass is 10.1. The van der Waals surface area contributed by atoms with Crippen LogP contribution in [0, 0.1) is 0 Å². The van der Waals surface area contributed by atoms with Gasteiger partial charge in [-0.2, -0.15) is 0 Å². The Labute approximate surface area is 111 Å². The van der Waals surface area contributed by atoms with Gasteiger partial charge in [-0.3, -0.25) is 4.98 Å². The Morgan fingerprint density at radius 2 is 1.95 bits per heavy atom. The second kappa shape index (κ2) is 4.98. The van der Waals surface area contributed by atoms with Gasteiger partial charge in [0.15, 0.2) is 0 Å². The normalized spacial score (nSPS) is 10.5. The molecular weight excluding hydrogens is 236 g/mol. The van der Waals surface area contributed by atoms with Gasteiger partial charge in [-0.05, 0) is 35.9 Å². The molecule has 3 aromatic rings. The molecule has 1 aromatic heterocycles. The van der Waals surface area contributed by atoms with Crippen LogP contribution in [-0.4, -0.2) is 10.1 Å². The van der Waals surface area contributed by atoms with Gasteiger partial charge in [0.2, 0.25) is 0 Å². The summed E-state index contributed by atoms with van der Waals surface area (Å²) >= 11 is 0. The van der Waals surface area contributed by atoms with Crippen molar-refractivity contribution in [2.75, 3.05) is 5.32 Å². The van der Waals surface area contributed by atoms with Crippen molar-refractivity contribution in [3.63, 3.8) is 0 Å². The maximum absolute atomic E-state index is 9.40. The van der Waals surface area contributed by atoms with Crippen molar-refractivity contribution in [1.82, 2.24) is 4.98 Å². The molecule has 0 aliphatic rings. The van der Waals surface area contributed by atoms with E-state index in [0.29, 0.717) is 6.54 Å². The molecule has 1 heterocycles. The van der Waals surface area contributed by atoms with Crippen LogP contribution in [0.3, 0.4) is 0 Å². The summed E-state index contributed by atoms with van der Waals surface area (Å²) in [7, 11) is 0. The number of nitrogens with zero attached hydrogens (tertiary/aromatic N) is 1. The fraction of sp³-hybridized carbons (Fsp3) is 0.0625. The zero-order chi connectivity index (χ0) is 13.1. The summed E-state index contributed by atoms with van der Waals surface area (Å²) in [4.78, 5) is 4.30. The van der Waals surface area contributed by atoms with Crippen molar-refractivity contribution in [3.05, 3.63) is 66.4 Å². The molecule has 3 nitrogen and oxygen atoms in total. The predicted octanol–water partition coefficient (Wildman–Crippen LogP) is 3.55. The summed E-state index contributed by atoms with van der Waals surface area (Å²) in [6, 6.07) is 17.3. The SMILES string of the molecule is Oc1cccc(NCc2ccc3ncccc3c2)c1. The fourth-order valence-electron chi connectivity index (χ4n) is 2.06. The smallest absolute Gasteiger partial charge is 0.117 e. The Morgan fingerprint density at radius 3 is 2.84 bits per heavy atom. The van der Waals surface area contributed by atoms with E-state index in [9.17, 15) is 5.11 Å². The first-order valence-corrected chi connectivity index (χ1v) is 6.18. The third-order valence-corrected chi connectivity index (χ3v) is 3.01. The van der Waals surface area contributed by atoms with Gasteiger partial charge in [-0.25, -0.2) is 0 Å². The zero-order valence-corrected chi connectivity index (χ0v) is 10.4. The second-order valence-electron chi connectivity index (χ2n) is 4.43. The van der Waals surface area contributed by atoms with Gasteiger partial charge in [-0.15, -0.1) is 0 Å². The first kappa shape index (κ1) is 11.5. The first-order valence-electron chi connectivity index (χ1n) is 6.18. The van der Waals surface area contributed by atoms with Crippen LogP contribution in [0.15, 0.2) is 60.8 Å². The maximum Gasteiger partial charge on any atom is 0.117 e. The highest BCUT2D eigenvalue weighted by Crippen LogP contribution is 2.18. The van der Waals surface area contributed by atoms with E-state index in [1.165, 1.54) is 5.56 Å². The van der Waals surface area contributed by atoms with E-state index in [0.717, 1.165) is 16.6 Å². The largest absolute Gasteiger partial charge is 0.508 e. The molecule has 0 atom stereocenters. The Morgan fingerprint density at radius 1 is 1.00 bits per heavy atom. The average molecular weight is 250 g/mol. The van der Waals surface area contributed by atoms with E-state index < -0.39 is 0 Å². The topological polar surface area (TPSA) is 45.1 Å². The van der Waals surface area contributed by atoms with E-state index >= 15 is 0 Å². The van der Waals surface area contributed by atoms with Gasteiger partial charge in [0.25, 0.3) is 0 Å². The minimum atomic E-state index is 0.271. The molecule has 0 bridgehead atoms. The molecular formula is C16H14N2O. The Bertz CT molecular complexity index is 710. The number of aromatic hydroxyl groups is 1. The van der Waals surface area contributed by atoms with Gasteiger partial charge in [0.1, 0.15) is 5.75 Å². The quantitative estimate of drug-likeness (QED) is 0.747. The molecule has 0 fully saturated rings. The number of pyridine rings is 1. The minimum Gasteiger partial charge on any atom is -0.508 e. The standard InChI is InChI=1S/C16H14N2O/c19-15-5-1-4-14(10-15)18-11-12-6-7-16-13(9-12)3-2-8-17-16/h1-10,18-19H,11H2. The van der Waals surface area contributed by atoms with Gasteiger partial charge in [0, 0.05) is 29.9 Å². The molecule has 0 unspecified atom stereocenters. The number of hydrogen-bond donors (Lipinski definition) is 2. The summed E-state index contributed by atoms with van der Waals surface area (Å²) in [6.07, 6.45) is 1.80. The molecule has 0 saturated carbocycles. The van der Waals surface area contributed by atoms with Gasteiger partial charge in [0.05, 0.1) is 5.52 Å². The molecule has 0 aliphatic carbocycles. The molecule has 2 N–H and O–H groups in total. The summed E-state index contributed by atoms with van der Waals surface area (Å²) < 4.78 is 0. The van der Waals surface area contributed by atoms with Crippen molar-refractivity contribution in [3.8, 4) is 5.75 Å². The number of rotatable bonds is 3. The number of aromatic nitrogens is 1. The number of nitrogens with one attached hydrogen (secondary N) is 1. The molecule has 94 valence electrons. The molecule has 3 rings (SSSR count). The fourth-order valence-corrected chi connectivity index (χ4v) is 2.06. The summed E-state index contributed by atoms with van der Waals surface area (Å²) in [5, 5.41) is 13.8. The number of benzene rings is 2. The number of phenols is 1. The summed E-state index contributed by atoms with van der Waals surface area (Å²) in [5.74, 6) is 0.271. The van der Waals surface area contributed by atoms with Gasteiger partial charge in [-0.1, -0.05) is 18.2 Å². The monoisotopic (exact) mass is 250 g/mol. The molecule has 0 spiro atoms. The third-order valence-electron chi connectivity index (χ3n) is 3.01. The van der Waals surface area contributed by atoms with Crippen LogP contribution in [0.4, 0.5) is 5.69 Å². The predicted molar refractivity (Wildman–Crippen MR) is 77.2 cm³/mol. The molecule has 2 aromatic carbocycles. The van der Waals surface area contributed by atoms with Gasteiger partial charge < -0.3 is 10.4 Å². The number of fused-ring (bicyclic) bond motifs is 1. The highest BCUT2D eigenvalue weighted by Gasteiger charge is 1.98. The van der Waals surface area contributed by atoms with Crippen molar-refractivity contribution in [2.24, 2.45) is 0 Å². The van der Waals surface area contributed by atoms with Crippen LogP contribution in [0.25, 0.3) is 10.9 Å². The Balaban J connectivity index is 1.78. The van der Waals surface area contributed by atoms with Crippen LogP contribution >= 0.6 is 0 Å². The lowest BCUT2D eigenvalue weighted by molar-refractivity contribution is 0.475. The summed E-state index contributed by atoms with van der Waals surface area (Å²) in [5.41, 5.74) is 3.10. The van der Waals surface area contributed by atoms with E-state index in [2.05, 4.69) is 28.5 Å². The van der Waals surface area contributed by atoms with Crippen LogP contribution in [0.1, 0.15) is 5.56 Å². The van der Waals surface area contributed by atoms with Crippen molar-refractivity contribution in [2.45, 2.75) is 6.54 Å². The van der Waals surface area contributed by atoms with Gasteiger partial charge >= 0.3 is 0 Å². The zero-order valence-electron chi connectivity index (χ0n) is 10.4. The number of anilines is 1. The number of phenolic OH excluding ortho intramolecular Hbond substituents is 1. The lowest BCUT2D eigenvalue weighted by Gasteiger charge is -2.07. The highest BCUT2D eigenvalue weighted by molar-refractivity contribution is 5.79. The van der Waals surface area contributed by atoms with E-state index in [1.807, 2.05) is 24.3 Å². The van der Waals surface area contributed by atoms with E-state index in [1.54, 1.807) is 18.3 Å². The van der Waals surface area contributed by atoms with Crippen molar-refractivity contribution in [1.29, 1.82) is 0 Å².